The lowest BCUT2D eigenvalue weighted by atomic mass is 10.1. The van der Waals surface area contributed by atoms with Crippen molar-refractivity contribution in [3.63, 3.8) is 0 Å². The van der Waals surface area contributed by atoms with Crippen LogP contribution in [0.1, 0.15) is 40.2 Å². The van der Waals surface area contributed by atoms with E-state index in [9.17, 15) is 9.59 Å². The molecule has 160 valence electrons. The molecule has 32 heavy (non-hydrogen) atoms. The number of likely N-dealkylation sites (tertiary alicyclic amines) is 1. The van der Waals surface area contributed by atoms with E-state index in [1.807, 2.05) is 59.5 Å². The van der Waals surface area contributed by atoms with Crippen LogP contribution in [-0.4, -0.2) is 33.2 Å². The Morgan fingerprint density at radius 1 is 1.00 bits per heavy atom. The highest BCUT2D eigenvalue weighted by molar-refractivity contribution is 6.05. The number of anilines is 1. The molecule has 2 amide bonds. The normalized spacial score (nSPS) is 13.6. The van der Waals surface area contributed by atoms with Crippen LogP contribution in [0.25, 0.3) is 11.0 Å². The van der Waals surface area contributed by atoms with Gasteiger partial charge >= 0.3 is 0 Å². The second kappa shape index (κ2) is 8.67. The van der Waals surface area contributed by atoms with E-state index in [4.69, 9.17) is 0 Å². The minimum absolute atomic E-state index is 0.178. The van der Waals surface area contributed by atoms with Gasteiger partial charge in [-0.25, -0.2) is 4.98 Å². The van der Waals surface area contributed by atoms with Crippen LogP contribution in [0.2, 0.25) is 0 Å². The fourth-order valence-corrected chi connectivity index (χ4v) is 4.12. The van der Waals surface area contributed by atoms with Crippen molar-refractivity contribution >= 4 is 28.5 Å². The molecule has 2 heterocycles. The zero-order chi connectivity index (χ0) is 21.9. The summed E-state index contributed by atoms with van der Waals surface area (Å²) in [5, 5.41) is 2.97. The number of fused-ring (bicyclic) bond motifs is 1. The number of H-pyrrole nitrogens is 1. The van der Waals surface area contributed by atoms with Crippen LogP contribution >= 0.6 is 0 Å². The van der Waals surface area contributed by atoms with Crippen LogP contribution in [0.3, 0.4) is 0 Å². The highest BCUT2D eigenvalue weighted by Crippen LogP contribution is 2.20. The van der Waals surface area contributed by atoms with E-state index in [1.165, 1.54) is 5.56 Å². The molecule has 3 aromatic carbocycles. The van der Waals surface area contributed by atoms with E-state index in [1.54, 1.807) is 6.07 Å². The maximum Gasteiger partial charge on any atom is 0.255 e. The first-order valence-electron chi connectivity index (χ1n) is 10.8. The topological polar surface area (TPSA) is 78.1 Å². The van der Waals surface area contributed by atoms with Crippen molar-refractivity contribution in [1.29, 1.82) is 0 Å². The SMILES string of the molecule is O=C(Nc1ccc2nc(Cc3ccccc3)[nH]c2c1)c1cccc(CN2CCCC2=O)c1. The molecule has 6 nitrogen and oxygen atoms in total. The van der Waals surface area contributed by atoms with Gasteiger partial charge in [-0.3, -0.25) is 9.59 Å². The van der Waals surface area contributed by atoms with Crippen molar-refractivity contribution in [2.24, 2.45) is 0 Å². The van der Waals surface area contributed by atoms with Gasteiger partial charge in [0.25, 0.3) is 5.91 Å². The van der Waals surface area contributed by atoms with Gasteiger partial charge in [-0.15, -0.1) is 0 Å². The number of imidazole rings is 1. The zero-order valence-corrected chi connectivity index (χ0v) is 17.7. The molecule has 0 radical (unpaired) electrons. The third kappa shape index (κ3) is 4.39. The molecule has 0 spiro atoms. The third-order valence-electron chi connectivity index (χ3n) is 5.74. The summed E-state index contributed by atoms with van der Waals surface area (Å²) in [4.78, 5) is 34.6. The predicted octanol–water partition coefficient (Wildman–Crippen LogP) is 4.53. The third-order valence-corrected chi connectivity index (χ3v) is 5.74. The molecule has 1 aliphatic rings. The second-order valence-electron chi connectivity index (χ2n) is 8.15. The van der Waals surface area contributed by atoms with Gasteiger partial charge in [-0.05, 0) is 47.9 Å². The maximum absolute atomic E-state index is 12.8. The number of aromatic nitrogens is 2. The molecule has 2 N–H and O–H groups in total. The van der Waals surface area contributed by atoms with Crippen LogP contribution in [0.5, 0.6) is 0 Å². The Kier molecular flexibility index (Phi) is 5.42. The monoisotopic (exact) mass is 424 g/mol. The average Bonchev–Trinajstić information content (AvgIpc) is 3.39. The molecule has 0 bridgehead atoms. The molecule has 0 aliphatic carbocycles. The van der Waals surface area contributed by atoms with Crippen molar-refractivity contribution in [2.75, 3.05) is 11.9 Å². The lowest BCUT2D eigenvalue weighted by Crippen LogP contribution is -2.24. The number of hydrogen-bond donors (Lipinski definition) is 2. The number of rotatable bonds is 6. The summed E-state index contributed by atoms with van der Waals surface area (Å²) in [5.74, 6) is 0.890. The Balaban J connectivity index is 1.29. The van der Waals surface area contributed by atoms with E-state index in [-0.39, 0.29) is 11.8 Å². The minimum Gasteiger partial charge on any atom is -0.342 e. The van der Waals surface area contributed by atoms with Crippen LogP contribution < -0.4 is 5.32 Å². The van der Waals surface area contributed by atoms with Gasteiger partial charge < -0.3 is 15.2 Å². The summed E-state index contributed by atoms with van der Waals surface area (Å²) in [6.45, 7) is 1.33. The van der Waals surface area contributed by atoms with Crippen LogP contribution in [0, 0.1) is 0 Å². The second-order valence-corrected chi connectivity index (χ2v) is 8.15. The van der Waals surface area contributed by atoms with Crippen molar-refractivity contribution in [1.82, 2.24) is 14.9 Å². The Bertz CT molecular complexity index is 1280. The van der Waals surface area contributed by atoms with Crippen molar-refractivity contribution in [2.45, 2.75) is 25.8 Å². The molecule has 1 aromatic heterocycles. The summed E-state index contributed by atoms with van der Waals surface area (Å²) in [6, 6.07) is 23.3. The van der Waals surface area contributed by atoms with Crippen LogP contribution in [-0.2, 0) is 17.8 Å². The van der Waals surface area contributed by atoms with Gasteiger partial charge in [0.1, 0.15) is 5.82 Å². The van der Waals surface area contributed by atoms with Gasteiger partial charge in [0, 0.05) is 37.2 Å². The number of nitrogens with one attached hydrogen (secondary N) is 2. The Morgan fingerprint density at radius 2 is 1.84 bits per heavy atom. The van der Waals surface area contributed by atoms with Crippen molar-refractivity contribution < 1.29 is 9.59 Å². The number of nitrogens with zero attached hydrogens (tertiary/aromatic N) is 2. The average molecular weight is 425 g/mol. The smallest absolute Gasteiger partial charge is 0.255 e. The molecule has 5 rings (SSSR count). The Labute approximate surface area is 186 Å². The molecule has 1 fully saturated rings. The number of aromatic amines is 1. The fraction of sp³-hybridized carbons (Fsp3) is 0.192. The molecule has 0 unspecified atom stereocenters. The van der Waals surface area contributed by atoms with E-state index < -0.39 is 0 Å². The molecule has 0 saturated carbocycles. The van der Waals surface area contributed by atoms with Crippen LogP contribution in [0.15, 0.2) is 72.8 Å². The molecular formula is C26H24N4O2. The quantitative estimate of drug-likeness (QED) is 0.477. The van der Waals surface area contributed by atoms with Gasteiger partial charge in [0.2, 0.25) is 5.91 Å². The number of hydrogen-bond acceptors (Lipinski definition) is 3. The van der Waals surface area contributed by atoms with Gasteiger partial charge in [0.15, 0.2) is 0 Å². The summed E-state index contributed by atoms with van der Waals surface area (Å²) in [5.41, 5.74) is 5.18. The van der Waals surface area contributed by atoms with Gasteiger partial charge in [0.05, 0.1) is 11.0 Å². The van der Waals surface area contributed by atoms with E-state index in [2.05, 4.69) is 27.4 Å². The lowest BCUT2D eigenvalue weighted by Gasteiger charge is -2.16. The Hall–Kier alpha value is -3.93. The highest BCUT2D eigenvalue weighted by atomic mass is 16.2. The summed E-state index contributed by atoms with van der Waals surface area (Å²) < 4.78 is 0. The first-order valence-corrected chi connectivity index (χ1v) is 10.8. The molecule has 0 atom stereocenters. The summed E-state index contributed by atoms with van der Waals surface area (Å²) in [6.07, 6.45) is 2.25. The van der Waals surface area contributed by atoms with Crippen LogP contribution in [0.4, 0.5) is 5.69 Å². The van der Waals surface area contributed by atoms with Gasteiger partial charge in [-0.1, -0.05) is 42.5 Å². The van der Waals surface area contributed by atoms with E-state index in [0.29, 0.717) is 24.2 Å². The first-order chi connectivity index (χ1) is 15.6. The lowest BCUT2D eigenvalue weighted by molar-refractivity contribution is -0.128. The van der Waals surface area contributed by atoms with Gasteiger partial charge in [-0.2, -0.15) is 0 Å². The number of carbonyl (C=O) groups excluding carboxylic acids is 2. The minimum atomic E-state index is -0.178. The molecule has 6 heteroatoms. The molecule has 4 aromatic rings. The van der Waals surface area contributed by atoms with E-state index in [0.717, 1.165) is 41.8 Å². The standard InChI is InChI=1S/C26H24N4O2/c31-25-10-5-13-30(25)17-19-8-4-9-20(14-19)26(32)27-21-11-12-22-23(16-21)29-24(28-22)15-18-6-2-1-3-7-18/h1-4,6-9,11-12,14,16H,5,10,13,15,17H2,(H,27,32)(H,28,29). The summed E-state index contributed by atoms with van der Waals surface area (Å²) >= 11 is 0. The van der Waals surface area contributed by atoms with Crippen molar-refractivity contribution in [3.8, 4) is 0 Å². The predicted molar refractivity (Wildman–Crippen MR) is 124 cm³/mol. The number of amides is 2. The summed E-state index contributed by atoms with van der Waals surface area (Å²) in [7, 11) is 0. The molecular weight excluding hydrogens is 400 g/mol. The fourth-order valence-electron chi connectivity index (χ4n) is 4.12. The molecule has 1 saturated heterocycles. The number of carbonyl (C=O) groups is 2. The maximum atomic E-state index is 12.8. The molecule has 1 aliphatic heterocycles. The Morgan fingerprint density at radius 3 is 2.66 bits per heavy atom. The highest BCUT2D eigenvalue weighted by Gasteiger charge is 2.20. The largest absolute Gasteiger partial charge is 0.342 e. The number of benzene rings is 3. The van der Waals surface area contributed by atoms with E-state index >= 15 is 0 Å². The van der Waals surface area contributed by atoms with Crippen molar-refractivity contribution in [3.05, 3.63) is 95.3 Å². The first kappa shape index (κ1) is 20.0. The zero-order valence-electron chi connectivity index (χ0n) is 17.7.